The molecule has 5 nitrogen and oxygen atoms in total. The van der Waals surface area contributed by atoms with Gasteiger partial charge in [0.2, 0.25) is 0 Å². The van der Waals surface area contributed by atoms with Gasteiger partial charge in [-0.2, -0.15) is 0 Å². The SMILES string of the molecule is C=CCn1c(SCC(=O)C=C2N(C)c3ccccc3C2(C)C)nc2sc3c(c2c1=O)CCC3. The minimum absolute atomic E-state index is 0.0101. The molecule has 170 valence electrons. The van der Waals surface area contributed by atoms with E-state index in [1.807, 2.05) is 19.2 Å². The third-order valence-electron chi connectivity index (χ3n) is 6.68. The Hall–Kier alpha value is -2.64. The molecule has 0 spiro atoms. The van der Waals surface area contributed by atoms with Gasteiger partial charge >= 0.3 is 0 Å². The number of ketones is 1. The normalized spacial score (nSPS) is 17.5. The van der Waals surface area contributed by atoms with E-state index >= 15 is 0 Å². The third-order valence-corrected chi connectivity index (χ3v) is 8.87. The number of rotatable bonds is 6. The third kappa shape index (κ3) is 3.58. The molecule has 0 N–H and O–H groups in total. The fraction of sp³-hybridized carbons (Fsp3) is 0.346. The summed E-state index contributed by atoms with van der Waals surface area (Å²) in [7, 11) is 2.01. The molecule has 1 aromatic carbocycles. The van der Waals surface area contributed by atoms with Crippen LogP contribution in [-0.2, 0) is 29.6 Å². The number of hydrogen-bond acceptors (Lipinski definition) is 6. The molecule has 0 saturated heterocycles. The van der Waals surface area contributed by atoms with Gasteiger partial charge in [0.05, 0.1) is 11.1 Å². The summed E-state index contributed by atoms with van der Waals surface area (Å²) in [6.07, 6.45) is 6.54. The molecule has 2 aliphatic rings. The standard InChI is InChI=1S/C26H27N3O2S2/c1-5-13-29-24(31)22-17-9-8-12-20(17)33-23(22)27-25(29)32-15-16(30)14-21-26(2,3)18-10-6-7-11-19(18)28(21)4/h5-7,10-11,14H,1,8-9,12-13,15H2,2-4H3. The summed E-state index contributed by atoms with van der Waals surface area (Å²) in [6.45, 7) is 8.49. The van der Waals surface area contributed by atoms with Crippen molar-refractivity contribution in [1.29, 1.82) is 0 Å². The fourth-order valence-corrected chi connectivity index (χ4v) is 7.18. The molecule has 5 rings (SSSR count). The average molecular weight is 478 g/mol. The Morgan fingerprint density at radius 3 is 2.85 bits per heavy atom. The number of aromatic nitrogens is 2. The largest absolute Gasteiger partial charge is 0.347 e. The number of nitrogens with zero attached hydrogens (tertiary/aromatic N) is 3. The topological polar surface area (TPSA) is 55.2 Å². The van der Waals surface area contributed by atoms with Gasteiger partial charge in [0, 0.05) is 41.3 Å². The highest BCUT2D eigenvalue weighted by molar-refractivity contribution is 7.99. The molecule has 0 amide bonds. The Balaban J connectivity index is 1.43. The van der Waals surface area contributed by atoms with E-state index in [1.54, 1.807) is 28.1 Å². The number of para-hydroxylation sites is 1. The highest BCUT2D eigenvalue weighted by Crippen LogP contribution is 2.46. The zero-order valence-corrected chi connectivity index (χ0v) is 20.8. The lowest BCUT2D eigenvalue weighted by Crippen LogP contribution is -2.25. The minimum atomic E-state index is -0.245. The van der Waals surface area contributed by atoms with Gasteiger partial charge in [-0.25, -0.2) is 4.98 Å². The van der Waals surface area contributed by atoms with E-state index in [4.69, 9.17) is 4.98 Å². The summed E-state index contributed by atoms with van der Waals surface area (Å²) < 4.78 is 1.66. The predicted molar refractivity (Wildman–Crippen MR) is 138 cm³/mol. The first-order chi connectivity index (χ1) is 15.8. The predicted octanol–water partition coefficient (Wildman–Crippen LogP) is 5.11. The summed E-state index contributed by atoms with van der Waals surface area (Å²) in [5, 5.41) is 1.35. The molecule has 2 aromatic heterocycles. The molecule has 7 heteroatoms. The summed E-state index contributed by atoms with van der Waals surface area (Å²) in [5.41, 5.74) is 4.25. The molecule has 0 unspecified atom stereocenters. The second kappa shape index (κ2) is 8.29. The molecular formula is C26H27N3O2S2. The lowest BCUT2D eigenvalue weighted by molar-refractivity contribution is -0.112. The van der Waals surface area contributed by atoms with Gasteiger partial charge in [-0.1, -0.05) is 49.9 Å². The van der Waals surface area contributed by atoms with Crippen molar-refractivity contribution in [2.45, 2.75) is 50.2 Å². The van der Waals surface area contributed by atoms with Crippen LogP contribution in [0, 0.1) is 0 Å². The maximum atomic E-state index is 13.3. The number of hydrogen-bond donors (Lipinski definition) is 0. The van der Waals surface area contributed by atoms with Crippen LogP contribution in [-0.4, -0.2) is 28.1 Å². The Kier molecular flexibility index (Phi) is 5.57. The van der Waals surface area contributed by atoms with Gasteiger partial charge < -0.3 is 4.90 Å². The number of carbonyl (C=O) groups excluding carboxylic acids is 1. The Labute approximate surface area is 201 Å². The van der Waals surface area contributed by atoms with Crippen molar-refractivity contribution in [3.05, 3.63) is 75.1 Å². The first-order valence-electron chi connectivity index (χ1n) is 11.2. The fourth-order valence-electron chi connectivity index (χ4n) is 5.05. The van der Waals surface area contributed by atoms with Crippen molar-refractivity contribution in [3.8, 4) is 0 Å². The highest BCUT2D eigenvalue weighted by atomic mass is 32.2. The van der Waals surface area contributed by atoms with Crippen molar-refractivity contribution in [1.82, 2.24) is 9.55 Å². The molecule has 1 aliphatic heterocycles. The van der Waals surface area contributed by atoms with Crippen LogP contribution in [0.25, 0.3) is 10.2 Å². The number of benzene rings is 1. The molecule has 3 heterocycles. The van der Waals surface area contributed by atoms with Crippen LogP contribution in [0.15, 0.2) is 58.6 Å². The molecule has 1 aliphatic carbocycles. The average Bonchev–Trinajstić information content (AvgIpc) is 3.43. The van der Waals surface area contributed by atoms with Gasteiger partial charge in [-0.05, 0) is 36.5 Å². The van der Waals surface area contributed by atoms with Crippen molar-refractivity contribution in [2.75, 3.05) is 17.7 Å². The summed E-state index contributed by atoms with van der Waals surface area (Å²) in [5.74, 6) is 0.236. The zero-order valence-electron chi connectivity index (χ0n) is 19.2. The quantitative estimate of drug-likeness (QED) is 0.214. The maximum absolute atomic E-state index is 13.3. The molecular weight excluding hydrogens is 450 g/mol. The van der Waals surface area contributed by atoms with E-state index in [9.17, 15) is 9.59 Å². The number of aryl methyl sites for hydroxylation is 2. The Morgan fingerprint density at radius 1 is 1.30 bits per heavy atom. The van der Waals surface area contributed by atoms with Crippen molar-refractivity contribution >= 4 is 44.8 Å². The monoisotopic (exact) mass is 477 g/mol. The highest BCUT2D eigenvalue weighted by Gasteiger charge is 2.38. The number of likely N-dealkylation sites (N-methyl/N-ethyl adjacent to an activating group) is 1. The van der Waals surface area contributed by atoms with E-state index in [0.29, 0.717) is 11.7 Å². The molecule has 3 aromatic rings. The first-order valence-corrected chi connectivity index (χ1v) is 13.0. The summed E-state index contributed by atoms with van der Waals surface area (Å²) >= 11 is 2.96. The number of thioether (sulfide) groups is 1. The number of carbonyl (C=O) groups is 1. The van der Waals surface area contributed by atoms with E-state index in [-0.39, 0.29) is 22.5 Å². The van der Waals surface area contributed by atoms with Crippen LogP contribution in [0.3, 0.4) is 0 Å². The van der Waals surface area contributed by atoms with Crippen LogP contribution in [0.5, 0.6) is 0 Å². The second-order valence-electron chi connectivity index (χ2n) is 9.12. The van der Waals surface area contributed by atoms with Crippen molar-refractivity contribution < 1.29 is 4.79 Å². The zero-order chi connectivity index (χ0) is 23.3. The summed E-state index contributed by atoms with van der Waals surface area (Å²) in [4.78, 5) is 35.3. The number of allylic oxidation sites excluding steroid dienone is 3. The van der Waals surface area contributed by atoms with E-state index < -0.39 is 0 Å². The van der Waals surface area contributed by atoms with Crippen LogP contribution in [0.4, 0.5) is 5.69 Å². The molecule has 0 bridgehead atoms. The molecule has 0 radical (unpaired) electrons. The van der Waals surface area contributed by atoms with Crippen LogP contribution >= 0.6 is 23.1 Å². The second-order valence-corrected chi connectivity index (χ2v) is 11.1. The first kappa shape index (κ1) is 22.2. The van der Waals surface area contributed by atoms with E-state index in [1.165, 1.54) is 27.8 Å². The van der Waals surface area contributed by atoms with Gasteiger partial charge in [0.25, 0.3) is 5.56 Å². The van der Waals surface area contributed by atoms with Gasteiger partial charge in [0.15, 0.2) is 10.9 Å². The number of fused-ring (bicyclic) bond motifs is 4. The smallest absolute Gasteiger partial charge is 0.263 e. The molecule has 0 atom stereocenters. The number of thiophene rings is 1. The van der Waals surface area contributed by atoms with E-state index in [2.05, 4.69) is 37.5 Å². The summed E-state index contributed by atoms with van der Waals surface area (Å²) in [6, 6.07) is 8.27. The lowest BCUT2D eigenvalue weighted by Gasteiger charge is -2.23. The Bertz CT molecular complexity index is 1380. The van der Waals surface area contributed by atoms with Gasteiger partial charge in [-0.3, -0.25) is 14.2 Å². The van der Waals surface area contributed by atoms with Crippen molar-refractivity contribution in [3.63, 3.8) is 0 Å². The number of anilines is 1. The molecule has 0 fully saturated rings. The van der Waals surface area contributed by atoms with Crippen molar-refractivity contribution in [2.24, 2.45) is 0 Å². The maximum Gasteiger partial charge on any atom is 0.263 e. The Morgan fingerprint density at radius 2 is 2.09 bits per heavy atom. The lowest BCUT2D eigenvalue weighted by atomic mass is 9.83. The van der Waals surface area contributed by atoms with Gasteiger partial charge in [-0.15, -0.1) is 17.9 Å². The molecule has 0 saturated carbocycles. The molecule has 33 heavy (non-hydrogen) atoms. The minimum Gasteiger partial charge on any atom is -0.347 e. The van der Waals surface area contributed by atoms with Crippen LogP contribution in [0.2, 0.25) is 0 Å². The van der Waals surface area contributed by atoms with Gasteiger partial charge in [0.1, 0.15) is 4.83 Å². The van der Waals surface area contributed by atoms with Crippen LogP contribution < -0.4 is 10.5 Å². The van der Waals surface area contributed by atoms with E-state index in [0.717, 1.165) is 40.9 Å². The van der Waals surface area contributed by atoms with Crippen LogP contribution in [0.1, 0.15) is 36.3 Å².